The van der Waals surface area contributed by atoms with Gasteiger partial charge < -0.3 is 4.90 Å². The SMILES string of the molecule is Cc1cc(C)c(S(=O)(=O)N2CCC(N3CCC(I)CC3)CC2)c(C)c1. The fourth-order valence-corrected chi connectivity index (χ4v) is 6.82. The van der Waals surface area contributed by atoms with E-state index < -0.39 is 10.0 Å². The highest BCUT2D eigenvalue weighted by Crippen LogP contribution is 2.29. The Morgan fingerprint density at radius 1 is 0.920 bits per heavy atom. The second-order valence-electron chi connectivity index (χ2n) is 7.57. The van der Waals surface area contributed by atoms with Crippen molar-refractivity contribution in [2.45, 2.75) is 61.3 Å². The molecule has 2 aliphatic rings. The molecule has 1 aromatic rings. The summed E-state index contributed by atoms with van der Waals surface area (Å²) >= 11 is 2.55. The Hall–Kier alpha value is -0.180. The van der Waals surface area contributed by atoms with E-state index in [1.54, 1.807) is 4.31 Å². The van der Waals surface area contributed by atoms with Crippen LogP contribution in [-0.2, 0) is 10.0 Å². The number of aryl methyl sites for hydroxylation is 3. The van der Waals surface area contributed by atoms with Crippen LogP contribution in [0.1, 0.15) is 42.4 Å². The first-order valence-electron chi connectivity index (χ1n) is 9.25. The lowest BCUT2D eigenvalue weighted by Crippen LogP contribution is -2.49. The molecule has 0 atom stereocenters. The summed E-state index contributed by atoms with van der Waals surface area (Å²) in [6.45, 7) is 9.46. The first-order chi connectivity index (χ1) is 11.8. The minimum absolute atomic E-state index is 0.516. The lowest BCUT2D eigenvalue weighted by atomic mass is 10.0. The van der Waals surface area contributed by atoms with Crippen molar-refractivity contribution in [1.82, 2.24) is 9.21 Å². The van der Waals surface area contributed by atoms with Crippen LogP contribution >= 0.6 is 22.6 Å². The van der Waals surface area contributed by atoms with E-state index in [0.29, 0.717) is 24.0 Å². The molecule has 0 saturated carbocycles. The van der Waals surface area contributed by atoms with E-state index in [9.17, 15) is 8.42 Å². The van der Waals surface area contributed by atoms with E-state index in [2.05, 4.69) is 27.5 Å². The van der Waals surface area contributed by atoms with Crippen LogP contribution in [0.25, 0.3) is 0 Å². The molecule has 4 nitrogen and oxygen atoms in total. The topological polar surface area (TPSA) is 40.6 Å². The van der Waals surface area contributed by atoms with E-state index >= 15 is 0 Å². The number of alkyl halides is 1. The van der Waals surface area contributed by atoms with Crippen LogP contribution in [0.4, 0.5) is 0 Å². The molecule has 0 aromatic heterocycles. The molecule has 0 amide bonds. The largest absolute Gasteiger partial charge is 0.300 e. The fraction of sp³-hybridized carbons (Fsp3) is 0.684. The molecule has 2 aliphatic heterocycles. The average molecular weight is 476 g/mol. The number of halogens is 1. The predicted molar refractivity (Wildman–Crippen MR) is 111 cm³/mol. The summed E-state index contributed by atoms with van der Waals surface area (Å²) in [5.41, 5.74) is 2.85. The van der Waals surface area contributed by atoms with Crippen molar-refractivity contribution >= 4 is 32.6 Å². The van der Waals surface area contributed by atoms with Gasteiger partial charge in [-0.3, -0.25) is 0 Å². The monoisotopic (exact) mass is 476 g/mol. The lowest BCUT2D eigenvalue weighted by Gasteiger charge is -2.40. The number of rotatable bonds is 3. The first kappa shape index (κ1) is 19.6. The molecule has 0 radical (unpaired) electrons. The zero-order chi connectivity index (χ0) is 18.2. The third-order valence-electron chi connectivity index (χ3n) is 5.60. The van der Waals surface area contributed by atoms with Gasteiger partial charge in [-0.1, -0.05) is 40.3 Å². The molecule has 0 spiro atoms. The first-order valence-corrected chi connectivity index (χ1v) is 11.9. The Balaban J connectivity index is 1.70. The van der Waals surface area contributed by atoms with E-state index in [1.807, 2.05) is 32.9 Å². The molecule has 0 N–H and O–H groups in total. The summed E-state index contributed by atoms with van der Waals surface area (Å²) in [6, 6.07) is 4.50. The predicted octanol–water partition coefficient (Wildman–Crippen LogP) is 3.66. The van der Waals surface area contributed by atoms with E-state index in [-0.39, 0.29) is 0 Å². The van der Waals surface area contributed by atoms with Gasteiger partial charge in [-0.15, -0.1) is 0 Å². The third-order valence-corrected chi connectivity index (χ3v) is 9.05. The minimum Gasteiger partial charge on any atom is -0.300 e. The van der Waals surface area contributed by atoms with E-state index in [0.717, 1.165) is 33.5 Å². The highest BCUT2D eigenvalue weighted by atomic mass is 127. The van der Waals surface area contributed by atoms with Gasteiger partial charge in [0.1, 0.15) is 0 Å². The second-order valence-corrected chi connectivity index (χ2v) is 11.2. The van der Waals surface area contributed by atoms with Gasteiger partial charge in [0.25, 0.3) is 0 Å². The zero-order valence-electron chi connectivity index (χ0n) is 15.5. The van der Waals surface area contributed by atoms with Crippen LogP contribution in [0.2, 0.25) is 0 Å². The van der Waals surface area contributed by atoms with Crippen LogP contribution in [0.5, 0.6) is 0 Å². The molecule has 6 heteroatoms. The highest BCUT2D eigenvalue weighted by molar-refractivity contribution is 14.1. The summed E-state index contributed by atoms with van der Waals surface area (Å²) in [6.07, 6.45) is 4.44. The summed E-state index contributed by atoms with van der Waals surface area (Å²) in [7, 11) is -3.39. The standard InChI is InChI=1S/C19H29IN2O2S/c1-14-12-15(2)19(16(3)13-14)25(23,24)22-10-6-18(7-11-22)21-8-4-17(20)5-9-21/h12-13,17-18H,4-11H2,1-3H3. The zero-order valence-corrected chi connectivity index (χ0v) is 18.4. The Morgan fingerprint density at radius 2 is 1.44 bits per heavy atom. The lowest BCUT2D eigenvalue weighted by molar-refractivity contribution is 0.121. The van der Waals surface area contributed by atoms with Crippen molar-refractivity contribution < 1.29 is 8.42 Å². The molecule has 0 aliphatic carbocycles. The minimum atomic E-state index is -3.39. The van der Waals surface area contributed by atoms with Crippen LogP contribution in [0, 0.1) is 20.8 Å². The average Bonchev–Trinajstić information content (AvgIpc) is 2.54. The van der Waals surface area contributed by atoms with E-state index in [1.165, 1.54) is 25.9 Å². The highest BCUT2D eigenvalue weighted by Gasteiger charge is 2.34. The van der Waals surface area contributed by atoms with Crippen LogP contribution in [0.15, 0.2) is 17.0 Å². The van der Waals surface area contributed by atoms with Crippen LogP contribution in [0.3, 0.4) is 0 Å². The van der Waals surface area contributed by atoms with Crippen molar-refractivity contribution in [1.29, 1.82) is 0 Å². The van der Waals surface area contributed by atoms with Crippen molar-refractivity contribution in [2.24, 2.45) is 0 Å². The molecule has 2 heterocycles. The molecular formula is C19H29IN2O2S. The molecule has 3 rings (SSSR count). The summed E-state index contributed by atoms with van der Waals surface area (Å²) in [5.74, 6) is 0. The van der Waals surface area contributed by atoms with Crippen molar-refractivity contribution in [3.8, 4) is 0 Å². The Morgan fingerprint density at radius 3 is 1.96 bits per heavy atom. The molecule has 1 aromatic carbocycles. The molecular weight excluding hydrogens is 447 g/mol. The molecule has 0 bridgehead atoms. The van der Waals surface area contributed by atoms with Gasteiger partial charge in [-0.25, -0.2) is 8.42 Å². The van der Waals surface area contributed by atoms with Crippen molar-refractivity contribution in [2.75, 3.05) is 26.2 Å². The van der Waals surface area contributed by atoms with Gasteiger partial charge in [0.15, 0.2) is 0 Å². The van der Waals surface area contributed by atoms with E-state index in [4.69, 9.17) is 0 Å². The molecule has 140 valence electrons. The molecule has 25 heavy (non-hydrogen) atoms. The quantitative estimate of drug-likeness (QED) is 0.494. The van der Waals surface area contributed by atoms with Crippen molar-refractivity contribution in [3.05, 3.63) is 28.8 Å². The fourth-order valence-electron chi connectivity index (χ4n) is 4.38. The van der Waals surface area contributed by atoms with Gasteiger partial charge >= 0.3 is 0 Å². The van der Waals surface area contributed by atoms with Crippen LogP contribution < -0.4 is 0 Å². The van der Waals surface area contributed by atoms with Crippen LogP contribution in [-0.4, -0.2) is 53.8 Å². The normalized spacial score (nSPS) is 22.4. The van der Waals surface area contributed by atoms with Gasteiger partial charge in [0.05, 0.1) is 4.90 Å². The smallest absolute Gasteiger partial charge is 0.243 e. The number of benzene rings is 1. The van der Waals surface area contributed by atoms with Gasteiger partial charge in [0, 0.05) is 23.1 Å². The Kier molecular flexibility index (Phi) is 6.13. The Bertz CT molecular complexity index is 696. The maximum absolute atomic E-state index is 13.2. The number of likely N-dealkylation sites (tertiary alicyclic amines) is 1. The number of piperidine rings is 2. The molecule has 2 fully saturated rings. The van der Waals surface area contributed by atoms with Crippen molar-refractivity contribution in [3.63, 3.8) is 0 Å². The van der Waals surface area contributed by atoms with Gasteiger partial charge in [0.2, 0.25) is 10.0 Å². The maximum Gasteiger partial charge on any atom is 0.243 e. The van der Waals surface area contributed by atoms with Gasteiger partial charge in [-0.05, 0) is 70.7 Å². The summed E-state index contributed by atoms with van der Waals surface area (Å²) in [5, 5.41) is 0. The number of nitrogens with zero attached hydrogens (tertiary/aromatic N) is 2. The number of sulfonamides is 1. The maximum atomic E-state index is 13.2. The number of hydrogen-bond acceptors (Lipinski definition) is 3. The summed E-state index contributed by atoms with van der Waals surface area (Å²) < 4.78 is 28.9. The third kappa shape index (κ3) is 4.22. The number of hydrogen-bond donors (Lipinski definition) is 0. The molecule has 2 saturated heterocycles. The van der Waals surface area contributed by atoms with Gasteiger partial charge in [-0.2, -0.15) is 4.31 Å². The Labute approximate surface area is 166 Å². The second kappa shape index (κ2) is 7.82. The molecule has 0 unspecified atom stereocenters. The summed E-state index contributed by atoms with van der Waals surface area (Å²) in [4.78, 5) is 3.10.